The molecular formula is C21H17NO2S. The monoisotopic (exact) mass is 347 g/mol. The predicted molar refractivity (Wildman–Crippen MR) is 103 cm³/mol. The number of amides is 1. The Labute approximate surface area is 150 Å². The van der Waals surface area contributed by atoms with Crippen molar-refractivity contribution < 1.29 is 9.59 Å². The van der Waals surface area contributed by atoms with Gasteiger partial charge in [0, 0.05) is 21.7 Å². The smallest absolute Gasteiger partial charge is 0.255 e. The second-order valence-corrected chi connectivity index (χ2v) is 6.59. The Balaban J connectivity index is 1.64. The van der Waals surface area contributed by atoms with Crippen LogP contribution in [-0.4, -0.2) is 11.7 Å². The summed E-state index contributed by atoms with van der Waals surface area (Å²) in [4.78, 5) is 25.4. The van der Waals surface area contributed by atoms with Gasteiger partial charge in [0.25, 0.3) is 5.91 Å². The summed E-state index contributed by atoms with van der Waals surface area (Å²) in [5.41, 5.74) is 2.95. The number of nitrogens with one attached hydrogen (secondary N) is 1. The Morgan fingerprint density at radius 1 is 0.920 bits per heavy atom. The number of carbonyl (C=O) groups is 2. The molecule has 0 fully saturated rings. The molecular weight excluding hydrogens is 330 g/mol. The number of aryl methyl sites for hydroxylation is 1. The van der Waals surface area contributed by atoms with Crippen molar-refractivity contribution in [3.63, 3.8) is 0 Å². The first kappa shape index (κ1) is 16.9. The summed E-state index contributed by atoms with van der Waals surface area (Å²) in [6.45, 7) is 1.98. The van der Waals surface area contributed by atoms with Gasteiger partial charge >= 0.3 is 0 Å². The van der Waals surface area contributed by atoms with E-state index in [1.807, 2.05) is 36.6 Å². The van der Waals surface area contributed by atoms with E-state index < -0.39 is 0 Å². The van der Waals surface area contributed by atoms with E-state index in [2.05, 4.69) is 5.32 Å². The van der Waals surface area contributed by atoms with Gasteiger partial charge in [-0.15, -0.1) is 11.3 Å². The van der Waals surface area contributed by atoms with Gasteiger partial charge < -0.3 is 5.32 Å². The van der Waals surface area contributed by atoms with Crippen molar-refractivity contribution in [2.75, 3.05) is 5.32 Å². The van der Waals surface area contributed by atoms with Crippen molar-refractivity contribution in [1.29, 1.82) is 0 Å². The number of benzene rings is 2. The van der Waals surface area contributed by atoms with Crippen molar-refractivity contribution >= 4 is 34.8 Å². The van der Waals surface area contributed by atoms with Gasteiger partial charge in [-0.3, -0.25) is 9.59 Å². The first-order valence-electron chi connectivity index (χ1n) is 7.86. The average molecular weight is 347 g/mol. The molecule has 0 saturated carbocycles. The zero-order valence-electron chi connectivity index (χ0n) is 13.7. The number of carbonyl (C=O) groups excluding carboxylic acids is 2. The van der Waals surface area contributed by atoms with Crippen LogP contribution in [-0.2, 0) is 0 Å². The number of rotatable bonds is 5. The summed E-state index contributed by atoms with van der Waals surface area (Å²) in [5.74, 6) is -0.235. The number of thiophene rings is 1. The molecule has 0 atom stereocenters. The molecule has 3 rings (SSSR count). The molecule has 0 aliphatic heterocycles. The van der Waals surface area contributed by atoms with Crippen LogP contribution in [0.25, 0.3) is 6.08 Å². The maximum absolute atomic E-state index is 12.2. The standard InChI is InChI=1S/C21H17NO2S/c1-15-4-6-17(7-5-15)21(24)22-18-10-8-16(9-11-18)20(23)13-12-19-3-2-14-25-19/h2-14H,1H3,(H,22,24)/b13-12+. The molecule has 0 radical (unpaired) electrons. The van der Waals surface area contributed by atoms with Crippen molar-refractivity contribution in [2.45, 2.75) is 6.92 Å². The van der Waals surface area contributed by atoms with Crippen molar-refractivity contribution in [3.8, 4) is 0 Å². The predicted octanol–water partition coefficient (Wildman–Crippen LogP) is 5.20. The molecule has 3 nitrogen and oxygen atoms in total. The molecule has 0 bridgehead atoms. The number of hydrogen-bond donors (Lipinski definition) is 1. The zero-order valence-corrected chi connectivity index (χ0v) is 14.5. The van der Waals surface area contributed by atoms with Gasteiger partial charge in [-0.1, -0.05) is 23.8 Å². The fraction of sp³-hybridized carbons (Fsp3) is 0.0476. The van der Waals surface area contributed by atoms with E-state index in [-0.39, 0.29) is 11.7 Å². The largest absolute Gasteiger partial charge is 0.322 e. The highest BCUT2D eigenvalue weighted by Gasteiger charge is 2.07. The van der Waals surface area contributed by atoms with Gasteiger partial charge in [-0.25, -0.2) is 0 Å². The molecule has 4 heteroatoms. The maximum Gasteiger partial charge on any atom is 0.255 e. The zero-order chi connectivity index (χ0) is 17.6. The summed E-state index contributed by atoms with van der Waals surface area (Å²) in [6, 6.07) is 18.2. The minimum absolute atomic E-state index is 0.0650. The Morgan fingerprint density at radius 3 is 2.24 bits per heavy atom. The van der Waals surface area contributed by atoms with Gasteiger partial charge in [-0.2, -0.15) is 0 Å². The van der Waals surface area contributed by atoms with Crippen LogP contribution in [0.5, 0.6) is 0 Å². The highest BCUT2D eigenvalue weighted by Crippen LogP contribution is 2.14. The first-order valence-corrected chi connectivity index (χ1v) is 8.74. The minimum Gasteiger partial charge on any atom is -0.322 e. The normalized spacial score (nSPS) is 10.8. The van der Waals surface area contributed by atoms with E-state index in [9.17, 15) is 9.59 Å². The van der Waals surface area contributed by atoms with Crippen LogP contribution < -0.4 is 5.32 Å². The Morgan fingerprint density at radius 2 is 1.60 bits per heavy atom. The summed E-state index contributed by atoms with van der Waals surface area (Å²) < 4.78 is 0. The molecule has 3 aromatic rings. The second kappa shape index (κ2) is 7.73. The number of anilines is 1. The van der Waals surface area contributed by atoms with Crippen molar-refractivity contribution in [3.05, 3.63) is 93.7 Å². The molecule has 0 unspecified atom stereocenters. The van der Waals surface area contributed by atoms with E-state index in [0.29, 0.717) is 16.8 Å². The Kier molecular flexibility index (Phi) is 5.21. The van der Waals surface area contributed by atoms with E-state index in [0.717, 1.165) is 10.4 Å². The lowest BCUT2D eigenvalue weighted by Gasteiger charge is -2.06. The van der Waals surface area contributed by atoms with Crippen LogP contribution in [0.2, 0.25) is 0 Å². The van der Waals surface area contributed by atoms with Gasteiger partial charge in [0.05, 0.1) is 0 Å². The van der Waals surface area contributed by atoms with E-state index in [1.165, 1.54) is 0 Å². The van der Waals surface area contributed by atoms with Crippen LogP contribution >= 0.6 is 11.3 Å². The van der Waals surface area contributed by atoms with Crippen molar-refractivity contribution in [2.24, 2.45) is 0 Å². The Bertz CT molecular complexity index is 892. The van der Waals surface area contributed by atoms with Crippen LogP contribution in [0.15, 0.2) is 72.1 Å². The molecule has 25 heavy (non-hydrogen) atoms. The van der Waals surface area contributed by atoms with Crippen LogP contribution in [0, 0.1) is 6.92 Å². The number of hydrogen-bond acceptors (Lipinski definition) is 3. The van der Waals surface area contributed by atoms with Gasteiger partial charge in [0.15, 0.2) is 5.78 Å². The van der Waals surface area contributed by atoms with Gasteiger partial charge in [0.2, 0.25) is 0 Å². The van der Waals surface area contributed by atoms with E-state index in [1.54, 1.807) is 59.9 Å². The van der Waals surface area contributed by atoms with E-state index >= 15 is 0 Å². The summed E-state index contributed by atoms with van der Waals surface area (Å²) >= 11 is 1.58. The lowest BCUT2D eigenvalue weighted by Crippen LogP contribution is -2.11. The molecule has 124 valence electrons. The summed E-state index contributed by atoms with van der Waals surface area (Å²) in [5, 5.41) is 4.80. The quantitative estimate of drug-likeness (QED) is 0.509. The number of ketones is 1. The SMILES string of the molecule is Cc1ccc(C(=O)Nc2ccc(C(=O)/C=C/c3cccs3)cc2)cc1. The van der Waals surface area contributed by atoms with Crippen LogP contribution in [0.1, 0.15) is 31.2 Å². The Hall–Kier alpha value is -2.98. The highest BCUT2D eigenvalue weighted by atomic mass is 32.1. The average Bonchev–Trinajstić information content (AvgIpc) is 3.14. The molecule has 2 aromatic carbocycles. The molecule has 0 spiro atoms. The molecule has 1 aromatic heterocycles. The van der Waals surface area contributed by atoms with E-state index in [4.69, 9.17) is 0 Å². The first-order chi connectivity index (χ1) is 12.1. The molecule has 1 N–H and O–H groups in total. The third kappa shape index (κ3) is 4.52. The molecule has 1 heterocycles. The maximum atomic E-state index is 12.2. The second-order valence-electron chi connectivity index (χ2n) is 5.61. The fourth-order valence-corrected chi connectivity index (χ4v) is 2.88. The third-order valence-corrected chi connectivity index (χ3v) is 4.52. The fourth-order valence-electron chi connectivity index (χ4n) is 2.27. The van der Waals surface area contributed by atoms with Gasteiger partial charge in [-0.05, 0) is 66.9 Å². The summed E-state index contributed by atoms with van der Waals surface area (Å²) in [6.07, 6.45) is 3.37. The molecule has 0 aliphatic rings. The lowest BCUT2D eigenvalue weighted by molar-refractivity contribution is 0.102. The van der Waals surface area contributed by atoms with Crippen molar-refractivity contribution in [1.82, 2.24) is 0 Å². The highest BCUT2D eigenvalue weighted by molar-refractivity contribution is 7.10. The third-order valence-electron chi connectivity index (χ3n) is 3.68. The number of allylic oxidation sites excluding steroid dienone is 1. The summed E-state index contributed by atoms with van der Waals surface area (Å²) in [7, 11) is 0. The minimum atomic E-state index is -0.170. The lowest BCUT2D eigenvalue weighted by atomic mass is 10.1. The molecule has 0 aliphatic carbocycles. The molecule has 0 saturated heterocycles. The topological polar surface area (TPSA) is 46.2 Å². The molecule has 1 amide bonds. The van der Waals surface area contributed by atoms with Crippen LogP contribution in [0.4, 0.5) is 5.69 Å². The van der Waals surface area contributed by atoms with Crippen LogP contribution in [0.3, 0.4) is 0 Å². The van der Waals surface area contributed by atoms with Gasteiger partial charge in [0.1, 0.15) is 0 Å².